The number of hydrogen-bond acceptors (Lipinski definition) is 6. The molecule has 3 heterocycles. The van der Waals surface area contributed by atoms with Gasteiger partial charge in [-0.2, -0.15) is 4.98 Å². The van der Waals surface area contributed by atoms with Gasteiger partial charge in [0.1, 0.15) is 6.26 Å². The number of oxazole rings is 1. The topological polar surface area (TPSA) is 64.8 Å². The van der Waals surface area contributed by atoms with Gasteiger partial charge < -0.3 is 18.8 Å². The molecule has 2 bridgehead atoms. The highest BCUT2D eigenvalue weighted by atomic mass is 16.5. The van der Waals surface area contributed by atoms with Crippen LogP contribution in [0.25, 0.3) is 0 Å². The summed E-state index contributed by atoms with van der Waals surface area (Å²) in [5, 5.41) is 0. The van der Waals surface area contributed by atoms with Crippen LogP contribution in [0.2, 0.25) is 0 Å². The van der Waals surface area contributed by atoms with Gasteiger partial charge in [-0.15, -0.1) is 0 Å². The quantitative estimate of drug-likeness (QED) is 0.754. The van der Waals surface area contributed by atoms with E-state index >= 15 is 0 Å². The number of anilines is 1. The normalized spacial score (nSPS) is 26.4. The van der Waals surface area contributed by atoms with Gasteiger partial charge in [-0.05, 0) is 19.8 Å². The van der Waals surface area contributed by atoms with Crippen molar-refractivity contribution < 1.29 is 18.7 Å². The minimum atomic E-state index is -0.441. The molecule has 6 heteroatoms. The predicted octanol–water partition coefficient (Wildman–Crippen LogP) is 1.22. The van der Waals surface area contributed by atoms with E-state index in [9.17, 15) is 4.79 Å². The molecular weight excluding hydrogens is 236 g/mol. The van der Waals surface area contributed by atoms with Gasteiger partial charge in [0.2, 0.25) is 0 Å². The van der Waals surface area contributed by atoms with E-state index in [0.29, 0.717) is 12.6 Å². The van der Waals surface area contributed by atoms with Crippen LogP contribution in [0.1, 0.15) is 30.3 Å². The molecule has 18 heavy (non-hydrogen) atoms. The highest BCUT2D eigenvalue weighted by Crippen LogP contribution is 2.29. The van der Waals surface area contributed by atoms with Gasteiger partial charge in [-0.1, -0.05) is 0 Å². The molecule has 0 unspecified atom stereocenters. The summed E-state index contributed by atoms with van der Waals surface area (Å²) >= 11 is 0. The van der Waals surface area contributed by atoms with Gasteiger partial charge >= 0.3 is 5.97 Å². The highest BCUT2D eigenvalue weighted by Gasteiger charge is 2.35. The van der Waals surface area contributed by atoms with Crippen LogP contribution < -0.4 is 4.90 Å². The molecule has 0 saturated carbocycles. The molecule has 0 aliphatic carbocycles. The number of ether oxygens (including phenoxy) is 2. The molecule has 2 saturated heterocycles. The van der Waals surface area contributed by atoms with Crippen molar-refractivity contribution in [1.29, 1.82) is 0 Å². The standard InChI is InChI=1S/C12H16N2O4/c1-2-16-11(15)10-7-17-12(13-10)14-5-8-3-4-9(6-14)18-8/h7-9H,2-6H2,1H3/t8-,9+. The Labute approximate surface area is 105 Å². The molecule has 1 aromatic heterocycles. The highest BCUT2D eigenvalue weighted by molar-refractivity contribution is 5.87. The van der Waals surface area contributed by atoms with E-state index in [2.05, 4.69) is 4.98 Å². The molecule has 0 spiro atoms. The summed E-state index contributed by atoms with van der Waals surface area (Å²) in [6.07, 6.45) is 4.06. The number of carbonyl (C=O) groups excluding carboxylic acids is 1. The van der Waals surface area contributed by atoms with E-state index < -0.39 is 5.97 Å². The zero-order chi connectivity index (χ0) is 12.5. The number of carbonyl (C=O) groups is 1. The third-order valence-corrected chi connectivity index (χ3v) is 3.29. The minimum absolute atomic E-state index is 0.227. The molecule has 0 N–H and O–H groups in total. The maximum Gasteiger partial charge on any atom is 0.360 e. The van der Waals surface area contributed by atoms with Crippen molar-refractivity contribution in [2.75, 3.05) is 24.6 Å². The molecule has 0 radical (unpaired) electrons. The van der Waals surface area contributed by atoms with E-state index in [1.54, 1.807) is 6.92 Å². The molecule has 2 fully saturated rings. The van der Waals surface area contributed by atoms with Gasteiger partial charge in [-0.25, -0.2) is 4.79 Å². The van der Waals surface area contributed by atoms with Crippen molar-refractivity contribution in [1.82, 2.24) is 4.98 Å². The Hall–Kier alpha value is -1.56. The second kappa shape index (κ2) is 4.61. The fourth-order valence-corrected chi connectivity index (χ4v) is 2.48. The van der Waals surface area contributed by atoms with Crippen LogP contribution in [0.15, 0.2) is 10.7 Å². The number of morpholine rings is 1. The predicted molar refractivity (Wildman–Crippen MR) is 62.6 cm³/mol. The van der Waals surface area contributed by atoms with Gasteiger partial charge in [0.15, 0.2) is 5.69 Å². The molecule has 1 aromatic rings. The average molecular weight is 252 g/mol. The van der Waals surface area contributed by atoms with E-state index in [-0.39, 0.29) is 17.9 Å². The Balaban J connectivity index is 1.71. The molecule has 6 nitrogen and oxygen atoms in total. The zero-order valence-corrected chi connectivity index (χ0v) is 10.3. The number of aromatic nitrogens is 1. The maximum absolute atomic E-state index is 11.5. The van der Waals surface area contributed by atoms with Crippen molar-refractivity contribution in [2.24, 2.45) is 0 Å². The van der Waals surface area contributed by atoms with Gasteiger partial charge in [0, 0.05) is 13.1 Å². The molecule has 2 atom stereocenters. The summed E-state index contributed by atoms with van der Waals surface area (Å²) in [4.78, 5) is 17.7. The number of hydrogen-bond donors (Lipinski definition) is 0. The summed E-state index contributed by atoms with van der Waals surface area (Å²) < 4.78 is 16.0. The van der Waals surface area contributed by atoms with Gasteiger partial charge in [-0.3, -0.25) is 0 Å². The molecule has 98 valence electrons. The third-order valence-electron chi connectivity index (χ3n) is 3.29. The van der Waals surface area contributed by atoms with E-state index in [0.717, 1.165) is 25.9 Å². The maximum atomic E-state index is 11.5. The Bertz CT molecular complexity index is 433. The summed E-state index contributed by atoms with van der Waals surface area (Å²) in [5.74, 6) is -0.441. The van der Waals surface area contributed by atoms with Crippen LogP contribution in [-0.4, -0.2) is 42.9 Å². The summed E-state index contributed by atoms with van der Waals surface area (Å²) in [6, 6.07) is 0.484. The van der Waals surface area contributed by atoms with Crippen LogP contribution in [-0.2, 0) is 9.47 Å². The fourth-order valence-electron chi connectivity index (χ4n) is 2.48. The SMILES string of the molecule is CCOC(=O)c1coc(N2C[C@H]3CC[C@@H](C2)O3)n1. The number of rotatable bonds is 3. The smallest absolute Gasteiger partial charge is 0.360 e. The summed E-state index contributed by atoms with van der Waals surface area (Å²) in [6.45, 7) is 3.65. The Morgan fingerprint density at radius 2 is 2.22 bits per heavy atom. The molecular formula is C12H16N2O4. The Kier molecular flexibility index (Phi) is 2.95. The lowest BCUT2D eigenvalue weighted by atomic mass is 10.2. The van der Waals surface area contributed by atoms with Crippen LogP contribution >= 0.6 is 0 Å². The van der Waals surface area contributed by atoms with E-state index in [4.69, 9.17) is 13.9 Å². The van der Waals surface area contributed by atoms with Crippen LogP contribution in [0.4, 0.5) is 6.01 Å². The monoisotopic (exact) mass is 252 g/mol. The zero-order valence-electron chi connectivity index (χ0n) is 10.3. The number of fused-ring (bicyclic) bond motifs is 2. The second-order valence-corrected chi connectivity index (χ2v) is 4.60. The lowest BCUT2D eigenvalue weighted by molar-refractivity contribution is 0.0288. The Morgan fingerprint density at radius 3 is 2.89 bits per heavy atom. The third kappa shape index (κ3) is 2.08. The summed E-state index contributed by atoms with van der Waals surface area (Å²) in [5.41, 5.74) is 0.227. The lowest BCUT2D eigenvalue weighted by Gasteiger charge is -2.30. The van der Waals surface area contributed by atoms with Gasteiger partial charge in [0.05, 0.1) is 18.8 Å². The molecule has 2 aliphatic heterocycles. The van der Waals surface area contributed by atoms with Crippen molar-refractivity contribution in [3.05, 3.63) is 12.0 Å². The van der Waals surface area contributed by atoms with Crippen LogP contribution in [0.3, 0.4) is 0 Å². The fraction of sp³-hybridized carbons (Fsp3) is 0.667. The first kappa shape index (κ1) is 11.5. The van der Waals surface area contributed by atoms with Crippen LogP contribution in [0.5, 0.6) is 0 Å². The Morgan fingerprint density at radius 1 is 1.50 bits per heavy atom. The van der Waals surface area contributed by atoms with Crippen molar-refractivity contribution in [3.8, 4) is 0 Å². The molecule has 0 aromatic carbocycles. The molecule has 3 rings (SSSR count). The van der Waals surface area contributed by atoms with Crippen molar-refractivity contribution in [2.45, 2.75) is 32.0 Å². The first-order valence-corrected chi connectivity index (χ1v) is 6.29. The first-order valence-electron chi connectivity index (χ1n) is 6.29. The number of nitrogens with zero attached hydrogens (tertiary/aromatic N) is 2. The first-order chi connectivity index (χ1) is 8.76. The van der Waals surface area contributed by atoms with E-state index in [1.807, 2.05) is 4.90 Å². The second-order valence-electron chi connectivity index (χ2n) is 4.60. The van der Waals surface area contributed by atoms with Crippen molar-refractivity contribution >= 4 is 12.0 Å². The summed E-state index contributed by atoms with van der Waals surface area (Å²) in [7, 11) is 0. The van der Waals surface area contributed by atoms with Crippen molar-refractivity contribution in [3.63, 3.8) is 0 Å². The minimum Gasteiger partial charge on any atom is -0.461 e. The lowest BCUT2D eigenvalue weighted by Crippen LogP contribution is -2.42. The van der Waals surface area contributed by atoms with Gasteiger partial charge in [0.25, 0.3) is 6.01 Å². The molecule has 0 amide bonds. The van der Waals surface area contributed by atoms with Crippen LogP contribution in [0, 0.1) is 0 Å². The largest absolute Gasteiger partial charge is 0.461 e. The number of esters is 1. The average Bonchev–Trinajstić information content (AvgIpc) is 2.97. The van der Waals surface area contributed by atoms with E-state index in [1.165, 1.54) is 6.26 Å². The molecule has 2 aliphatic rings.